The molecule has 0 saturated heterocycles. The largest absolute Gasteiger partial charge is 0.488 e. The van der Waals surface area contributed by atoms with Crippen LogP contribution in [-0.4, -0.2) is 41.7 Å². The Kier molecular flexibility index (Phi) is 12.7. The second-order valence-corrected chi connectivity index (χ2v) is 11.4. The zero-order chi connectivity index (χ0) is 33.8. The molecule has 0 aliphatic carbocycles. The van der Waals surface area contributed by atoms with Crippen molar-refractivity contribution in [2.24, 2.45) is 0 Å². The number of alkyl carbamates (subject to hydrolysis) is 1. The van der Waals surface area contributed by atoms with E-state index in [4.69, 9.17) is 9.47 Å². The molecule has 0 saturated carbocycles. The third kappa shape index (κ3) is 10.6. The predicted molar refractivity (Wildman–Crippen MR) is 183 cm³/mol. The van der Waals surface area contributed by atoms with Gasteiger partial charge in [-0.2, -0.15) is 0 Å². The quantitative estimate of drug-likeness (QED) is 0.106. The van der Waals surface area contributed by atoms with Crippen molar-refractivity contribution in [1.29, 1.82) is 0 Å². The molecule has 244 valence electrons. The van der Waals surface area contributed by atoms with Gasteiger partial charge in [0.2, 0.25) is 5.91 Å². The molecular weight excluding hydrogens is 595 g/mol. The van der Waals surface area contributed by atoms with E-state index in [0.717, 1.165) is 33.4 Å². The second kappa shape index (κ2) is 17.1. The van der Waals surface area contributed by atoms with Crippen molar-refractivity contribution >= 4 is 36.2 Å². The van der Waals surface area contributed by atoms with E-state index in [9.17, 15) is 24.4 Å². The normalized spacial score (nSPS) is 11.3. The molecule has 10 heteroatoms. The minimum Gasteiger partial charge on any atom is -0.466 e. The van der Waals surface area contributed by atoms with Gasteiger partial charge in [-0.05, 0) is 90.2 Å². The fourth-order valence-electron chi connectivity index (χ4n) is 5.54. The van der Waals surface area contributed by atoms with Crippen LogP contribution in [0.2, 0.25) is 0 Å². The molecule has 4 N–H and O–H groups in total. The number of nitrogens with one attached hydrogen (secondary N) is 2. The number of ether oxygens (including phenoxy) is 2. The molecule has 47 heavy (non-hydrogen) atoms. The van der Waals surface area contributed by atoms with E-state index in [1.807, 2.05) is 62.4 Å². The summed E-state index contributed by atoms with van der Waals surface area (Å²) in [5.74, 6) is -0.619. The van der Waals surface area contributed by atoms with E-state index in [2.05, 4.69) is 16.7 Å². The smallest absolute Gasteiger partial charge is 0.466 e. The highest BCUT2D eigenvalue weighted by Gasteiger charge is 2.21. The molecule has 2 amide bonds. The van der Waals surface area contributed by atoms with Crippen LogP contribution in [0.25, 0.3) is 11.1 Å². The summed E-state index contributed by atoms with van der Waals surface area (Å²) < 4.78 is 10.5. The van der Waals surface area contributed by atoms with Crippen LogP contribution in [0.4, 0.5) is 10.5 Å². The fraction of sp³-hybridized carbons (Fsp3) is 0.270. The lowest BCUT2D eigenvalue weighted by Gasteiger charge is -2.19. The lowest BCUT2D eigenvalue weighted by atomic mass is 9.77. The Morgan fingerprint density at radius 2 is 1.53 bits per heavy atom. The summed E-state index contributed by atoms with van der Waals surface area (Å²) in [6.45, 7) is 5.92. The highest BCUT2D eigenvalue weighted by atomic mass is 16.5. The molecule has 0 bridgehead atoms. The number of esters is 1. The van der Waals surface area contributed by atoms with E-state index in [1.165, 1.54) is 0 Å². The van der Waals surface area contributed by atoms with Crippen LogP contribution in [0.3, 0.4) is 0 Å². The average molecular weight is 637 g/mol. The molecule has 0 aliphatic rings. The summed E-state index contributed by atoms with van der Waals surface area (Å²) in [5.41, 5.74) is 7.55. The minimum atomic E-state index is -1.52. The molecule has 0 aliphatic heterocycles. The van der Waals surface area contributed by atoms with Gasteiger partial charge in [0.25, 0.3) is 0 Å². The summed E-state index contributed by atoms with van der Waals surface area (Å²) >= 11 is 0. The van der Waals surface area contributed by atoms with Gasteiger partial charge >= 0.3 is 19.2 Å². The van der Waals surface area contributed by atoms with E-state index in [0.29, 0.717) is 36.0 Å². The van der Waals surface area contributed by atoms with Crippen molar-refractivity contribution in [3.05, 3.63) is 119 Å². The van der Waals surface area contributed by atoms with Crippen LogP contribution in [0.1, 0.15) is 60.0 Å². The average Bonchev–Trinajstić information content (AvgIpc) is 3.04. The Bertz CT molecular complexity index is 1650. The minimum absolute atomic E-state index is 0.0845. The molecule has 4 rings (SSSR count). The van der Waals surface area contributed by atoms with E-state index in [-0.39, 0.29) is 25.5 Å². The number of anilines is 1. The van der Waals surface area contributed by atoms with E-state index in [1.54, 1.807) is 43.3 Å². The topological polar surface area (TPSA) is 134 Å². The third-order valence-corrected chi connectivity index (χ3v) is 7.69. The highest BCUT2D eigenvalue weighted by molar-refractivity contribution is 6.58. The van der Waals surface area contributed by atoms with Crippen molar-refractivity contribution in [3.8, 4) is 11.1 Å². The van der Waals surface area contributed by atoms with Crippen LogP contribution in [-0.2, 0) is 32.1 Å². The van der Waals surface area contributed by atoms with Gasteiger partial charge in [-0.3, -0.25) is 9.59 Å². The van der Waals surface area contributed by atoms with Crippen molar-refractivity contribution in [2.45, 2.75) is 59.1 Å². The summed E-state index contributed by atoms with van der Waals surface area (Å²) in [7, 11) is -1.52. The molecule has 0 spiro atoms. The molecule has 4 aromatic carbocycles. The molecule has 1 atom stereocenters. The summed E-state index contributed by atoms with van der Waals surface area (Å²) in [4.78, 5) is 37.9. The molecule has 9 nitrogen and oxygen atoms in total. The lowest BCUT2D eigenvalue weighted by Crippen LogP contribution is -2.31. The van der Waals surface area contributed by atoms with Crippen LogP contribution in [0, 0.1) is 13.8 Å². The monoisotopic (exact) mass is 636 g/mol. The van der Waals surface area contributed by atoms with Gasteiger partial charge in [0.05, 0.1) is 19.1 Å². The Labute approximate surface area is 276 Å². The van der Waals surface area contributed by atoms with E-state index < -0.39 is 25.2 Å². The van der Waals surface area contributed by atoms with E-state index >= 15 is 0 Å². The van der Waals surface area contributed by atoms with Gasteiger partial charge in [-0.1, -0.05) is 78.9 Å². The number of carbonyl (C=O) groups is 3. The molecule has 0 fully saturated rings. The zero-order valence-corrected chi connectivity index (χ0v) is 27.0. The summed E-state index contributed by atoms with van der Waals surface area (Å²) in [5, 5.41) is 24.8. The van der Waals surface area contributed by atoms with Crippen molar-refractivity contribution < 1.29 is 33.9 Å². The number of aryl methyl sites for hydroxylation is 3. The molecule has 0 aromatic heterocycles. The van der Waals surface area contributed by atoms with Gasteiger partial charge < -0.3 is 30.2 Å². The predicted octanol–water partition coefficient (Wildman–Crippen LogP) is 5.53. The van der Waals surface area contributed by atoms with Gasteiger partial charge in [0.1, 0.15) is 6.61 Å². The summed E-state index contributed by atoms with van der Waals surface area (Å²) in [6, 6.07) is 27.3. The number of hydrogen-bond acceptors (Lipinski definition) is 7. The molecule has 0 radical (unpaired) electrons. The Balaban J connectivity index is 1.35. The molecule has 4 aromatic rings. The van der Waals surface area contributed by atoms with Gasteiger partial charge in [-0.15, -0.1) is 0 Å². The van der Waals surface area contributed by atoms with Gasteiger partial charge in [0, 0.05) is 12.1 Å². The first-order valence-corrected chi connectivity index (χ1v) is 15.7. The maximum atomic E-state index is 12.9. The Hall–Kier alpha value is -4.93. The highest BCUT2D eigenvalue weighted by Crippen LogP contribution is 2.28. The fourth-order valence-corrected chi connectivity index (χ4v) is 5.54. The maximum absolute atomic E-state index is 12.9. The van der Waals surface area contributed by atoms with Crippen LogP contribution in [0.15, 0.2) is 91.0 Å². The number of amides is 2. The Morgan fingerprint density at radius 1 is 0.830 bits per heavy atom. The van der Waals surface area contributed by atoms with Crippen molar-refractivity contribution in [3.63, 3.8) is 0 Å². The van der Waals surface area contributed by atoms with Crippen LogP contribution in [0.5, 0.6) is 0 Å². The van der Waals surface area contributed by atoms with Crippen LogP contribution >= 0.6 is 0 Å². The number of hydrogen-bond donors (Lipinski definition) is 4. The van der Waals surface area contributed by atoms with Gasteiger partial charge in [0.15, 0.2) is 0 Å². The van der Waals surface area contributed by atoms with Gasteiger partial charge in [-0.25, -0.2) is 4.79 Å². The summed E-state index contributed by atoms with van der Waals surface area (Å²) in [6.07, 6.45) is 0.850. The number of rotatable bonds is 14. The first kappa shape index (κ1) is 34.9. The lowest BCUT2D eigenvalue weighted by molar-refractivity contribution is -0.143. The molecule has 0 heterocycles. The second-order valence-electron chi connectivity index (χ2n) is 11.4. The molecular formula is C37H41BN2O7. The first-order chi connectivity index (χ1) is 22.6. The number of carbonyl (C=O) groups excluding carboxylic acids is 3. The zero-order valence-electron chi connectivity index (χ0n) is 27.0. The molecule has 1 unspecified atom stereocenters. The SMILES string of the molecule is CCOC(=O)CC(NC(=O)OCc1ccccc1)c1cccc(NC(=O)CCCc2cccc(-c3c(C)cc(B(O)O)cc3C)c2)c1. The Morgan fingerprint density at radius 3 is 2.23 bits per heavy atom. The third-order valence-electron chi connectivity index (χ3n) is 7.69. The van der Waals surface area contributed by atoms with Crippen LogP contribution < -0.4 is 16.1 Å². The number of benzene rings is 4. The van der Waals surface area contributed by atoms with Crippen molar-refractivity contribution in [1.82, 2.24) is 5.32 Å². The first-order valence-electron chi connectivity index (χ1n) is 15.7. The van der Waals surface area contributed by atoms with Crippen molar-refractivity contribution in [2.75, 3.05) is 11.9 Å². The standard InChI is InChI=1S/C37H41BN2O7/c1-4-46-35(42)23-33(40-37(43)47-24-28-11-6-5-7-12-28)29-15-10-17-32(22-29)39-34(41)18-9-14-27-13-8-16-30(21-27)36-25(2)19-31(38(44)45)20-26(36)3/h5-8,10-13,15-17,19-22,33,44-45H,4,9,14,18,23-24H2,1-3H3,(H,39,41)(H,40,43). The maximum Gasteiger partial charge on any atom is 0.488 e.